The molecule has 2 heterocycles. The van der Waals surface area contributed by atoms with Crippen molar-refractivity contribution in [3.8, 4) is 0 Å². The molecule has 100 valence electrons. The van der Waals surface area contributed by atoms with Gasteiger partial charge in [-0.05, 0) is 34.3 Å². The van der Waals surface area contributed by atoms with Gasteiger partial charge in [-0.1, -0.05) is 22.9 Å². The van der Waals surface area contributed by atoms with E-state index in [1.165, 1.54) is 6.20 Å². The molecule has 2 atom stereocenters. The highest BCUT2D eigenvalue weighted by atomic mass is 79.9. The lowest BCUT2D eigenvalue weighted by atomic mass is 10.0. The first-order valence-electron chi connectivity index (χ1n) is 5.66. The Bertz CT molecular complexity index is 536. The van der Waals surface area contributed by atoms with Crippen LogP contribution in [0.5, 0.6) is 0 Å². The van der Waals surface area contributed by atoms with E-state index >= 15 is 0 Å². The minimum absolute atomic E-state index is 0.247. The average molecular weight is 398 g/mol. The van der Waals surface area contributed by atoms with E-state index in [2.05, 4.69) is 43.8 Å². The quantitative estimate of drug-likeness (QED) is 0.720. The maximum Gasteiger partial charge on any atom is 0.244 e. The number of hydrogen-bond acceptors (Lipinski definition) is 3. The molecule has 2 unspecified atom stereocenters. The van der Waals surface area contributed by atoms with E-state index in [0.717, 1.165) is 6.42 Å². The third-order valence-electron chi connectivity index (χ3n) is 3.08. The standard InChI is InChI=1S/C11H14Br2N2O2S/c1-8-7-15(3-2-11(8)13)18(16,17)10-4-9(12)5-14-6-10/h4-6,8,11H,2-3,7H2,1H3. The summed E-state index contributed by atoms with van der Waals surface area (Å²) in [6, 6.07) is 1.59. The third kappa shape index (κ3) is 2.95. The van der Waals surface area contributed by atoms with Gasteiger partial charge in [-0.15, -0.1) is 0 Å². The number of sulfonamides is 1. The summed E-state index contributed by atoms with van der Waals surface area (Å²) in [7, 11) is -3.42. The lowest BCUT2D eigenvalue weighted by molar-refractivity contribution is 0.291. The summed E-state index contributed by atoms with van der Waals surface area (Å²) in [5.41, 5.74) is 0. The monoisotopic (exact) mass is 396 g/mol. The predicted octanol–water partition coefficient (Wildman–Crippen LogP) is 2.64. The molecule has 0 aliphatic carbocycles. The SMILES string of the molecule is CC1CN(S(=O)(=O)c2cncc(Br)c2)CCC1Br. The van der Waals surface area contributed by atoms with Gasteiger partial charge in [0.05, 0.1) is 0 Å². The first kappa shape index (κ1) is 14.4. The molecule has 1 aliphatic heterocycles. The minimum atomic E-state index is -3.42. The van der Waals surface area contributed by atoms with Crippen molar-refractivity contribution in [1.82, 2.24) is 9.29 Å². The van der Waals surface area contributed by atoms with Crippen molar-refractivity contribution in [3.63, 3.8) is 0 Å². The second kappa shape index (κ2) is 5.56. The summed E-state index contributed by atoms with van der Waals surface area (Å²) in [4.78, 5) is 4.56. The molecule has 0 radical (unpaired) electrons. The van der Waals surface area contributed by atoms with Crippen LogP contribution in [0.25, 0.3) is 0 Å². The number of hydrogen-bond donors (Lipinski definition) is 0. The Hall–Kier alpha value is 0.0200. The van der Waals surface area contributed by atoms with Gasteiger partial charge in [-0.3, -0.25) is 4.98 Å². The van der Waals surface area contributed by atoms with Crippen molar-refractivity contribution < 1.29 is 8.42 Å². The van der Waals surface area contributed by atoms with Gasteiger partial charge in [0.1, 0.15) is 4.90 Å². The Morgan fingerprint density at radius 1 is 1.44 bits per heavy atom. The number of aromatic nitrogens is 1. The average Bonchev–Trinajstić information content (AvgIpc) is 2.32. The van der Waals surface area contributed by atoms with Gasteiger partial charge in [-0.25, -0.2) is 8.42 Å². The fraction of sp³-hybridized carbons (Fsp3) is 0.545. The molecule has 0 N–H and O–H groups in total. The second-order valence-electron chi connectivity index (χ2n) is 4.48. The molecule has 0 aromatic carbocycles. The molecule has 0 saturated carbocycles. The van der Waals surface area contributed by atoms with Gasteiger partial charge in [0, 0.05) is 34.8 Å². The second-order valence-corrected chi connectivity index (χ2v) is 8.51. The fourth-order valence-corrected chi connectivity index (χ4v) is 4.41. The summed E-state index contributed by atoms with van der Waals surface area (Å²) in [5.74, 6) is 0.314. The van der Waals surface area contributed by atoms with Crippen molar-refractivity contribution in [2.45, 2.75) is 23.1 Å². The Balaban J connectivity index is 2.27. The molecule has 0 spiro atoms. The third-order valence-corrected chi connectivity index (χ3v) is 6.71. The molecular formula is C11H14Br2N2O2S. The number of nitrogens with zero attached hydrogens (tertiary/aromatic N) is 2. The van der Waals surface area contributed by atoms with Gasteiger partial charge in [0.25, 0.3) is 0 Å². The lowest BCUT2D eigenvalue weighted by Gasteiger charge is -2.33. The number of alkyl halides is 1. The largest absolute Gasteiger partial charge is 0.262 e. The van der Waals surface area contributed by atoms with Crippen LogP contribution >= 0.6 is 31.9 Å². The zero-order valence-electron chi connectivity index (χ0n) is 9.88. The number of pyridine rings is 1. The van der Waals surface area contributed by atoms with Crippen LogP contribution in [0.4, 0.5) is 0 Å². The molecule has 18 heavy (non-hydrogen) atoms. The van der Waals surface area contributed by atoms with Crippen LogP contribution in [-0.2, 0) is 10.0 Å². The molecule has 1 fully saturated rings. The zero-order valence-corrected chi connectivity index (χ0v) is 13.9. The summed E-state index contributed by atoms with van der Waals surface area (Å²) < 4.78 is 27.1. The van der Waals surface area contributed by atoms with Gasteiger partial charge >= 0.3 is 0 Å². The Kier molecular flexibility index (Phi) is 4.46. The smallest absolute Gasteiger partial charge is 0.244 e. The number of halogens is 2. The first-order valence-corrected chi connectivity index (χ1v) is 8.81. The van der Waals surface area contributed by atoms with Crippen molar-refractivity contribution >= 4 is 41.9 Å². The molecule has 1 aromatic rings. The van der Waals surface area contributed by atoms with E-state index in [1.807, 2.05) is 0 Å². The van der Waals surface area contributed by atoms with E-state index in [0.29, 0.717) is 28.3 Å². The van der Waals surface area contributed by atoms with Gasteiger partial charge < -0.3 is 0 Å². The molecule has 0 bridgehead atoms. The van der Waals surface area contributed by atoms with Crippen molar-refractivity contribution in [1.29, 1.82) is 0 Å². The molecule has 7 heteroatoms. The summed E-state index contributed by atoms with van der Waals surface area (Å²) in [6.07, 6.45) is 3.80. The Morgan fingerprint density at radius 2 is 2.17 bits per heavy atom. The van der Waals surface area contributed by atoms with Crippen LogP contribution in [0.3, 0.4) is 0 Å². The summed E-state index contributed by atoms with van der Waals surface area (Å²) in [6.45, 7) is 3.15. The normalized spacial score (nSPS) is 26.2. The maximum absolute atomic E-state index is 12.4. The number of rotatable bonds is 2. The van der Waals surface area contributed by atoms with Crippen LogP contribution in [0.1, 0.15) is 13.3 Å². The van der Waals surface area contributed by atoms with Gasteiger partial charge in [0.15, 0.2) is 0 Å². The predicted molar refractivity (Wildman–Crippen MR) is 77.2 cm³/mol. The van der Waals surface area contributed by atoms with Gasteiger partial charge in [-0.2, -0.15) is 4.31 Å². The summed E-state index contributed by atoms with van der Waals surface area (Å²) >= 11 is 6.82. The van der Waals surface area contributed by atoms with E-state index in [1.54, 1.807) is 16.6 Å². The van der Waals surface area contributed by atoms with E-state index in [4.69, 9.17) is 0 Å². The Labute approximate surface area is 124 Å². The van der Waals surface area contributed by atoms with Crippen LogP contribution < -0.4 is 0 Å². The van der Waals surface area contributed by atoms with Crippen molar-refractivity contribution in [2.24, 2.45) is 5.92 Å². The molecule has 1 saturated heterocycles. The molecule has 1 aliphatic rings. The molecule has 2 rings (SSSR count). The highest BCUT2D eigenvalue weighted by Gasteiger charge is 2.32. The molecule has 0 amide bonds. The van der Waals surface area contributed by atoms with E-state index in [-0.39, 0.29) is 4.90 Å². The van der Waals surface area contributed by atoms with Crippen molar-refractivity contribution in [2.75, 3.05) is 13.1 Å². The fourth-order valence-electron chi connectivity index (χ4n) is 1.98. The lowest BCUT2D eigenvalue weighted by Crippen LogP contribution is -2.43. The highest BCUT2D eigenvalue weighted by molar-refractivity contribution is 9.10. The van der Waals surface area contributed by atoms with E-state index in [9.17, 15) is 8.42 Å². The maximum atomic E-state index is 12.4. The topological polar surface area (TPSA) is 50.3 Å². The molecular weight excluding hydrogens is 384 g/mol. The first-order chi connectivity index (χ1) is 8.41. The Morgan fingerprint density at radius 3 is 2.78 bits per heavy atom. The van der Waals surface area contributed by atoms with Crippen LogP contribution in [0, 0.1) is 5.92 Å². The summed E-state index contributed by atoms with van der Waals surface area (Å²) in [5, 5.41) is 0. The van der Waals surface area contributed by atoms with Crippen molar-refractivity contribution in [3.05, 3.63) is 22.9 Å². The van der Waals surface area contributed by atoms with Crippen LogP contribution in [0.15, 0.2) is 27.8 Å². The minimum Gasteiger partial charge on any atom is -0.262 e. The van der Waals surface area contributed by atoms with E-state index < -0.39 is 10.0 Å². The molecule has 1 aromatic heterocycles. The highest BCUT2D eigenvalue weighted by Crippen LogP contribution is 2.28. The zero-order chi connectivity index (χ0) is 13.3. The van der Waals surface area contributed by atoms with Gasteiger partial charge in [0.2, 0.25) is 10.0 Å². The van der Waals surface area contributed by atoms with Crippen LogP contribution in [0.2, 0.25) is 0 Å². The number of piperidine rings is 1. The molecule has 4 nitrogen and oxygen atoms in total. The van der Waals surface area contributed by atoms with Crippen LogP contribution in [-0.4, -0.2) is 35.6 Å².